The average Bonchev–Trinajstić information content (AvgIpc) is 2.82. The number of amides is 1. The van der Waals surface area contributed by atoms with Gasteiger partial charge in [-0.15, -0.1) is 9.24 Å². The third-order valence-electron chi connectivity index (χ3n) is 8.14. The first kappa shape index (κ1) is 28.5. The number of ketones is 1. The summed E-state index contributed by atoms with van der Waals surface area (Å²) in [7, 11) is 2.43. The van der Waals surface area contributed by atoms with Crippen LogP contribution in [0.5, 0.6) is 0 Å². The molecular formula is C25H42NO8P. The van der Waals surface area contributed by atoms with Gasteiger partial charge in [0, 0.05) is 12.5 Å². The van der Waals surface area contributed by atoms with Gasteiger partial charge in [-0.25, -0.2) is 4.79 Å². The summed E-state index contributed by atoms with van der Waals surface area (Å²) in [6.45, 7) is 5.72. The lowest BCUT2D eigenvalue weighted by Crippen LogP contribution is -2.60. The van der Waals surface area contributed by atoms with E-state index in [1.807, 2.05) is 13.8 Å². The maximum absolute atomic E-state index is 13.2. The third kappa shape index (κ3) is 6.61. The third-order valence-corrected chi connectivity index (χ3v) is 8.61. The molecule has 3 rings (SSSR count). The number of rotatable bonds is 7. The molecular weight excluding hydrogens is 473 g/mol. The highest BCUT2D eigenvalue weighted by Gasteiger charge is 2.52. The summed E-state index contributed by atoms with van der Waals surface area (Å²) in [4.78, 5) is 40.6. The maximum atomic E-state index is 13.2. The molecule has 3 fully saturated rings. The molecule has 0 aromatic carbocycles. The SMILES string of the molecule is CC(CC1CCC(O)C(O)C1)C(C)OC(=O)C1CCCCN1C(=O)C(=O)C1(O)OC(P)CCC1C. The summed E-state index contributed by atoms with van der Waals surface area (Å²) in [5, 5.41) is 30.6. The number of nitrogens with zero attached hydrogens (tertiary/aromatic N) is 1. The first-order valence-corrected chi connectivity index (χ1v) is 13.7. The van der Waals surface area contributed by atoms with Crippen LogP contribution in [0.3, 0.4) is 0 Å². The fourth-order valence-corrected chi connectivity index (χ4v) is 5.92. The van der Waals surface area contributed by atoms with Crippen molar-refractivity contribution in [2.45, 2.75) is 115 Å². The van der Waals surface area contributed by atoms with Crippen molar-refractivity contribution in [1.82, 2.24) is 4.90 Å². The maximum Gasteiger partial charge on any atom is 0.329 e. The van der Waals surface area contributed by atoms with E-state index >= 15 is 0 Å². The quantitative estimate of drug-likeness (QED) is 0.265. The van der Waals surface area contributed by atoms with Gasteiger partial charge in [-0.3, -0.25) is 9.59 Å². The minimum Gasteiger partial charge on any atom is -0.461 e. The standard InChI is InChI=1S/C25H42NO8P/c1-14(12-17-8-9-19(27)20(28)13-17)16(3)33-24(31)18-6-4-5-11-26(18)23(30)22(29)25(32)15(2)7-10-21(35)34-25/h14-21,27-28,32H,4-13,35H2,1-3H3. The molecule has 2 heterocycles. The molecule has 1 amide bonds. The van der Waals surface area contributed by atoms with E-state index in [1.54, 1.807) is 6.92 Å². The van der Waals surface area contributed by atoms with Gasteiger partial charge in [0.2, 0.25) is 5.79 Å². The number of hydrogen-bond donors (Lipinski definition) is 3. The normalized spacial score (nSPS) is 37.9. The van der Waals surface area contributed by atoms with Crippen LogP contribution in [0, 0.1) is 17.8 Å². The number of carbonyl (C=O) groups excluding carboxylic acids is 3. The lowest BCUT2D eigenvalue weighted by Gasteiger charge is -2.41. The van der Waals surface area contributed by atoms with Gasteiger partial charge in [-0.2, -0.15) is 0 Å². The van der Waals surface area contributed by atoms with Gasteiger partial charge >= 0.3 is 5.97 Å². The van der Waals surface area contributed by atoms with Crippen molar-refractivity contribution in [1.29, 1.82) is 0 Å². The molecule has 1 aliphatic carbocycles. The molecule has 10 heteroatoms. The number of piperidine rings is 1. The Morgan fingerprint density at radius 1 is 1.09 bits per heavy atom. The van der Waals surface area contributed by atoms with Crippen LogP contribution in [-0.4, -0.2) is 80.4 Å². The molecule has 3 N–H and O–H groups in total. The second kappa shape index (κ2) is 12.0. The van der Waals surface area contributed by atoms with Gasteiger partial charge in [0.1, 0.15) is 12.1 Å². The Hall–Kier alpha value is -1.12. The Kier molecular flexibility index (Phi) is 9.71. The highest BCUT2D eigenvalue weighted by molar-refractivity contribution is 7.17. The Labute approximate surface area is 210 Å². The second-order valence-electron chi connectivity index (χ2n) is 10.8. The van der Waals surface area contributed by atoms with Crippen LogP contribution in [0.25, 0.3) is 0 Å². The smallest absolute Gasteiger partial charge is 0.329 e. The molecule has 0 bridgehead atoms. The summed E-state index contributed by atoms with van der Waals surface area (Å²) in [5.74, 6) is -5.37. The van der Waals surface area contributed by atoms with E-state index in [0.717, 1.165) is 19.3 Å². The van der Waals surface area contributed by atoms with Crippen LogP contribution in [0.2, 0.25) is 0 Å². The zero-order valence-corrected chi connectivity index (χ0v) is 22.3. The minimum absolute atomic E-state index is 0.0250. The minimum atomic E-state index is -2.20. The summed E-state index contributed by atoms with van der Waals surface area (Å²) in [6, 6.07) is -0.879. The summed E-state index contributed by atoms with van der Waals surface area (Å²) in [6.07, 6.45) is 3.84. The molecule has 0 aromatic heterocycles. The number of carbonyl (C=O) groups is 3. The zero-order chi connectivity index (χ0) is 25.9. The fourth-order valence-electron chi connectivity index (χ4n) is 5.52. The van der Waals surface area contributed by atoms with E-state index in [1.165, 1.54) is 4.90 Å². The average molecular weight is 516 g/mol. The highest BCUT2D eigenvalue weighted by atomic mass is 31.0. The summed E-state index contributed by atoms with van der Waals surface area (Å²) < 4.78 is 11.3. The van der Waals surface area contributed by atoms with Gasteiger partial charge in [0.25, 0.3) is 11.7 Å². The number of esters is 1. The molecule has 10 atom stereocenters. The van der Waals surface area contributed by atoms with E-state index in [4.69, 9.17) is 9.47 Å². The lowest BCUT2D eigenvalue weighted by molar-refractivity contribution is -0.247. The number of aliphatic hydroxyl groups is 3. The molecule has 3 aliphatic rings. The number of Topliss-reactive ketones (excluding diaryl/α,β-unsaturated/α-hetero) is 1. The van der Waals surface area contributed by atoms with Crippen molar-refractivity contribution < 1.29 is 39.2 Å². The summed E-state index contributed by atoms with van der Waals surface area (Å²) >= 11 is 0. The molecule has 35 heavy (non-hydrogen) atoms. The van der Waals surface area contributed by atoms with E-state index in [-0.39, 0.29) is 18.4 Å². The monoisotopic (exact) mass is 515 g/mol. The van der Waals surface area contributed by atoms with Gasteiger partial charge < -0.3 is 29.7 Å². The predicted molar refractivity (Wildman–Crippen MR) is 131 cm³/mol. The van der Waals surface area contributed by atoms with Crippen molar-refractivity contribution >= 4 is 26.9 Å². The van der Waals surface area contributed by atoms with Gasteiger partial charge in [-0.05, 0) is 76.5 Å². The van der Waals surface area contributed by atoms with Crippen LogP contribution in [0.4, 0.5) is 0 Å². The first-order chi connectivity index (χ1) is 16.4. The second-order valence-corrected chi connectivity index (χ2v) is 11.6. The number of aliphatic hydroxyl groups excluding tert-OH is 2. The molecule has 2 saturated heterocycles. The first-order valence-electron chi connectivity index (χ1n) is 13.0. The number of hydrogen-bond acceptors (Lipinski definition) is 8. The Balaban J connectivity index is 1.61. The largest absolute Gasteiger partial charge is 0.461 e. The van der Waals surface area contributed by atoms with Gasteiger partial charge in [-0.1, -0.05) is 13.8 Å². The zero-order valence-electron chi connectivity index (χ0n) is 21.1. The van der Waals surface area contributed by atoms with E-state index in [0.29, 0.717) is 38.5 Å². The van der Waals surface area contributed by atoms with Crippen molar-refractivity contribution in [3.63, 3.8) is 0 Å². The molecule has 0 spiro atoms. The fraction of sp³-hybridized carbons (Fsp3) is 0.880. The summed E-state index contributed by atoms with van der Waals surface area (Å²) in [5.41, 5.74) is 0. The Morgan fingerprint density at radius 3 is 2.49 bits per heavy atom. The Morgan fingerprint density at radius 2 is 1.80 bits per heavy atom. The van der Waals surface area contributed by atoms with Crippen molar-refractivity contribution in [3.8, 4) is 0 Å². The molecule has 2 aliphatic heterocycles. The molecule has 10 unspecified atom stereocenters. The number of ether oxygens (including phenoxy) is 2. The van der Waals surface area contributed by atoms with Crippen LogP contribution < -0.4 is 0 Å². The molecule has 1 saturated carbocycles. The number of likely N-dealkylation sites (tertiary alicyclic amines) is 1. The molecule has 0 radical (unpaired) electrons. The van der Waals surface area contributed by atoms with Crippen LogP contribution >= 0.6 is 9.24 Å². The molecule has 9 nitrogen and oxygen atoms in total. The van der Waals surface area contributed by atoms with Gasteiger partial charge in [0.05, 0.1) is 18.1 Å². The van der Waals surface area contributed by atoms with Crippen LogP contribution in [0.15, 0.2) is 0 Å². The molecule has 0 aromatic rings. The Bertz CT molecular complexity index is 781. The van der Waals surface area contributed by atoms with Crippen LogP contribution in [-0.2, 0) is 23.9 Å². The molecule has 200 valence electrons. The van der Waals surface area contributed by atoms with Crippen molar-refractivity contribution in [2.75, 3.05) is 6.54 Å². The van der Waals surface area contributed by atoms with E-state index in [9.17, 15) is 29.7 Å². The van der Waals surface area contributed by atoms with E-state index in [2.05, 4.69) is 9.24 Å². The predicted octanol–water partition coefficient (Wildman–Crippen LogP) is 1.75. The van der Waals surface area contributed by atoms with Gasteiger partial charge in [0.15, 0.2) is 0 Å². The highest BCUT2D eigenvalue weighted by Crippen LogP contribution is 2.36. The van der Waals surface area contributed by atoms with Crippen molar-refractivity contribution in [2.24, 2.45) is 17.8 Å². The van der Waals surface area contributed by atoms with Crippen molar-refractivity contribution in [3.05, 3.63) is 0 Å². The van der Waals surface area contributed by atoms with Crippen LogP contribution in [0.1, 0.15) is 78.6 Å². The lowest BCUT2D eigenvalue weighted by atomic mass is 9.79. The topological polar surface area (TPSA) is 134 Å². The van der Waals surface area contributed by atoms with E-state index < -0.39 is 59.6 Å².